The number of nitrogens with zero attached hydrogens (tertiary/aromatic N) is 4. The maximum absolute atomic E-state index is 11.8. The third-order valence-electron chi connectivity index (χ3n) is 2.86. The van der Waals surface area contributed by atoms with Crippen LogP contribution >= 0.6 is 0 Å². The van der Waals surface area contributed by atoms with Gasteiger partial charge in [0.05, 0.1) is 29.8 Å². The minimum atomic E-state index is -0.124. The zero-order valence-corrected chi connectivity index (χ0v) is 10.8. The van der Waals surface area contributed by atoms with Gasteiger partial charge in [0, 0.05) is 20.2 Å². The van der Waals surface area contributed by atoms with E-state index in [0.29, 0.717) is 6.54 Å². The fourth-order valence-corrected chi connectivity index (χ4v) is 1.73. The Bertz CT molecular complexity index is 599. The van der Waals surface area contributed by atoms with E-state index in [1.54, 1.807) is 17.9 Å². The average molecular weight is 247 g/mol. The summed E-state index contributed by atoms with van der Waals surface area (Å²) in [7, 11) is 3.64. The van der Waals surface area contributed by atoms with Gasteiger partial charge < -0.3 is 5.32 Å². The number of aromatic nitrogens is 4. The highest BCUT2D eigenvalue weighted by molar-refractivity contribution is 5.37. The number of aryl methyl sites for hydroxylation is 2. The van der Waals surface area contributed by atoms with Gasteiger partial charge in [-0.25, -0.2) is 4.68 Å². The molecule has 0 bridgehead atoms. The number of nitrogens with one attached hydrogen (secondary N) is 1. The number of hydrogen-bond acceptors (Lipinski definition) is 4. The molecule has 0 atom stereocenters. The monoisotopic (exact) mass is 247 g/mol. The molecule has 1 N–H and O–H groups in total. The summed E-state index contributed by atoms with van der Waals surface area (Å²) in [6.07, 6.45) is 2.52. The fourth-order valence-electron chi connectivity index (χ4n) is 1.73. The first-order valence-corrected chi connectivity index (χ1v) is 5.90. The van der Waals surface area contributed by atoms with Crippen LogP contribution in [0.1, 0.15) is 18.3 Å². The lowest BCUT2D eigenvalue weighted by atomic mass is 10.3. The predicted molar refractivity (Wildman–Crippen MR) is 69.7 cm³/mol. The first-order chi connectivity index (χ1) is 8.63. The molecule has 2 aromatic heterocycles. The maximum Gasteiger partial charge on any atom is 0.269 e. The molecule has 0 spiro atoms. The molecule has 0 aromatic carbocycles. The van der Waals surface area contributed by atoms with Gasteiger partial charge in [0.15, 0.2) is 0 Å². The van der Waals surface area contributed by atoms with Crippen molar-refractivity contribution >= 4 is 5.69 Å². The minimum Gasteiger partial charge on any atom is -0.387 e. The van der Waals surface area contributed by atoms with Crippen LogP contribution in [0.2, 0.25) is 0 Å². The van der Waals surface area contributed by atoms with E-state index in [-0.39, 0.29) is 5.56 Å². The molecule has 0 radical (unpaired) electrons. The number of hydrogen-bond donors (Lipinski definition) is 1. The van der Waals surface area contributed by atoms with Crippen molar-refractivity contribution in [2.45, 2.75) is 19.9 Å². The van der Waals surface area contributed by atoms with Crippen molar-refractivity contribution in [1.29, 1.82) is 0 Å². The Labute approximate surface area is 105 Å². The highest BCUT2D eigenvalue weighted by Gasteiger charge is 2.06. The Morgan fingerprint density at radius 3 is 2.72 bits per heavy atom. The van der Waals surface area contributed by atoms with Crippen molar-refractivity contribution < 1.29 is 0 Å². The molecule has 0 saturated carbocycles. The van der Waals surface area contributed by atoms with Gasteiger partial charge in [-0.15, -0.1) is 0 Å². The quantitative estimate of drug-likeness (QED) is 0.860. The molecule has 0 saturated heterocycles. The van der Waals surface area contributed by atoms with E-state index in [4.69, 9.17) is 0 Å². The van der Waals surface area contributed by atoms with Gasteiger partial charge in [0.2, 0.25) is 0 Å². The molecule has 6 heteroatoms. The fraction of sp³-hybridized carbons (Fsp3) is 0.417. The summed E-state index contributed by atoms with van der Waals surface area (Å²) in [5, 5.41) is 11.4. The summed E-state index contributed by atoms with van der Waals surface area (Å²) in [5.74, 6) is 0. The molecule has 96 valence electrons. The van der Waals surface area contributed by atoms with Crippen molar-refractivity contribution in [3.8, 4) is 0 Å². The van der Waals surface area contributed by atoms with Gasteiger partial charge in [-0.3, -0.25) is 9.48 Å². The van der Waals surface area contributed by atoms with E-state index in [2.05, 4.69) is 22.4 Å². The van der Waals surface area contributed by atoms with Crippen molar-refractivity contribution in [3.63, 3.8) is 0 Å². The molecular weight excluding hydrogens is 230 g/mol. The lowest BCUT2D eigenvalue weighted by Crippen LogP contribution is -2.23. The first kappa shape index (κ1) is 12.3. The second-order valence-electron chi connectivity index (χ2n) is 4.09. The zero-order chi connectivity index (χ0) is 13.1. The average Bonchev–Trinajstić information content (AvgIpc) is 2.72. The zero-order valence-electron chi connectivity index (χ0n) is 10.8. The highest BCUT2D eigenvalue weighted by Crippen LogP contribution is 2.05. The van der Waals surface area contributed by atoms with Crippen LogP contribution in [0.25, 0.3) is 0 Å². The topological polar surface area (TPSA) is 64.7 Å². The minimum absolute atomic E-state index is 0.124. The van der Waals surface area contributed by atoms with Crippen LogP contribution in [0.4, 0.5) is 5.69 Å². The predicted octanol–water partition coefficient (Wildman–Crippen LogP) is 0.629. The summed E-state index contributed by atoms with van der Waals surface area (Å²) in [5.41, 5.74) is 2.59. The molecule has 2 rings (SSSR count). The molecular formula is C12H17N5O. The van der Waals surface area contributed by atoms with Gasteiger partial charge in [0.25, 0.3) is 5.56 Å². The Balaban J connectivity index is 2.28. The Hall–Kier alpha value is -2.11. The molecule has 0 amide bonds. The molecule has 0 unspecified atom stereocenters. The molecule has 6 nitrogen and oxygen atoms in total. The van der Waals surface area contributed by atoms with Crippen molar-refractivity contribution in [1.82, 2.24) is 19.6 Å². The standard InChI is InChI=1S/C12H17N5O/c1-4-9-5-11(16(3)15-9)8-17-12(18)6-10(13-2)7-14-17/h5-7,13H,4,8H2,1-3H3. The number of anilines is 1. The van der Waals surface area contributed by atoms with E-state index >= 15 is 0 Å². The van der Waals surface area contributed by atoms with Crippen molar-refractivity contribution in [3.05, 3.63) is 40.1 Å². The van der Waals surface area contributed by atoms with E-state index in [1.807, 2.05) is 13.1 Å². The summed E-state index contributed by atoms with van der Waals surface area (Å²) in [6, 6.07) is 3.53. The molecule has 2 aromatic rings. The maximum atomic E-state index is 11.8. The Morgan fingerprint density at radius 2 is 2.17 bits per heavy atom. The molecule has 0 aliphatic heterocycles. The first-order valence-electron chi connectivity index (χ1n) is 5.90. The van der Waals surface area contributed by atoms with Crippen LogP contribution in [-0.2, 0) is 20.0 Å². The van der Waals surface area contributed by atoms with Crippen LogP contribution in [0.5, 0.6) is 0 Å². The summed E-state index contributed by atoms with van der Waals surface area (Å²) < 4.78 is 3.22. The lowest BCUT2D eigenvalue weighted by molar-refractivity contribution is 0.590. The third-order valence-corrected chi connectivity index (χ3v) is 2.86. The van der Waals surface area contributed by atoms with Gasteiger partial charge in [-0.2, -0.15) is 10.2 Å². The largest absolute Gasteiger partial charge is 0.387 e. The van der Waals surface area contributed by atoms with E-state index in [0.717, 1.165) is 23.5 Å². The van der Waals surface area contributed by atoms with Crippen LogP contribution in [-0.4, -0.2) is 26.6 Å². The van der Waals surface area contributed by atoms with Crippen LogP contribution in [0, 0.1) is 0 Å². The van der Waals surface area contributed by atoms with Crippen LogP contribution < -0.4 is 10.9 Å². The summed E-state index contributed by atoms with van der Waals surface area (Å²) in [6.45, 7) is 2.49. The molecule has 0 fully saturated rings. The smallest absolute Gasteiger partial charge is 0.269 e. The van der Waals surface area contributed by atoms with Crippen LogP contribution in [0.15, 0.2) is 23.1 Å². The van der Waals surface area contributed by atoms with E-state index in [1.165, 1.54) is 10.7 Å². The third kappa shape index (κ3) is 2.42. The van der Waals surface area contributed by atoms with Gasteiger partial charge in [-0.05, 0) is 12.5 Å². The second-order valence-corrected chi connectivity index (χ2v) is 4.09. The molecule has 0 aliphatic rings. The highest BCUT2D eigenvalue weighted by atomic mass is 16.1. The summed E-state index contributed by atoms with van der Waals surface area (Å²) in [4.78, 5) is 11.8. The second kappa shape index (κ2) is 5.03. The molecule has 18 heavy (non-hydrogen) atoms. The molecule has 0 aliphatic carbocycles. The lowest BCUT2D eigenvalue weighted by Gasteiger charge is -2.05. The number of rotatable bonds is 4. The SMILES string of the molecule is CCc1cc(Cn2ncc(NC)cc2=O)n(C)n1. The normalized spacial score (nSPS) is 10.6. The van der Waals surface area contributed by atoms with Gasteiger partial charge in [-0.1, -0.05) is 6.92 Å². The Morgan fingerprint density at radius 1 is 1.39 bits per heavy atom. The van der Waals surface area contributed by atoms with Crippen molar-refractivity contribution in [2.75, 3.05) is 12.4 Å². The summed E-state index contributed by atoms with van der Waals surface area (Å²) >= 11 is 0. The molecule has 2 heterocycles. The van der Waals surface area contributed by atoms with E-state index in [9.17, 15) is 4.79 Å². The van der Waals surface area contributed by atoms with Crippen LogP contribution in [0.3, 0.4) is 0 Å². The Kier molecular flexibility index (Phi) is 3.45. The van der Waals surface area contributed by atoms with E-state index < -0.39 is 0 Å². The van der Waals surface area contributed by atoms with Gasteiger partial charge >= 0.3 is 0 Å². The van der Waals surface area contributed by atoms with Gasteiger partial charge in [0.1, 0.15) is 0 Å². The van der Waals surface area contributed by atoms with Crippen molar-refractivity contribution in [2.24, 2.45) is 7.05 Å².